The molecule has 5 heteroatoms. The van der Waals surface area contributed by atoms with E-state index in [1.807, 2.05) is 13.0 Å². The summed E-state index contributed by atoms with van der Waals surface area (Å²) in [5.41, 5.74) is 7.45. The normalized spacial score (nSPS) is 12.1. The van der Waals surface area contributed by atoms with Crippen molar-refractivity contribution >= 4 is 27.5 Å². The quantitative estimate of drug-likeness (QED) is 0.897. The molecular formula is C12H17BrN2O2. The van der Waals surface area contributed by atoms with Gasteiger partial charge in [-0.25, -0.2) is 0 Å². The van der Waals surface area contributed by atoms with Crippen LogP contribution in [0.25, 0.3) is 0 Å². The molecule has 0 fully saturated rings. The maximum atomic E-state index is 11.2. The van der Waals surface area contributed by atoms with E-state index in [1.54, 1.807) is 13.2 Å². The molecule has 0 heterocycles. The summed E-state index contributed by atoms with van der Waals surface area (Å²) in [6.07, 6.45) is 0.660. The molecule has 0 aliphatic heterocycles. The molecule has 4 nitrogen and oxygen atoms in total. The third-order valence-electron chi connectivity index (χ3n) is 2.26. The number of amides is 1. The number of carbonyl (C=O) groups excluding carboxylic acids is 1. The summed E-state index contributed by atoms with van der Waals surface area (Å²) in [5, 5.41) is 2.79. The minimum atomic E-state index is -0.132. The number of methoxy groups -OCH3 is 1. The topological polar surface area (TPSA) is 64.3 Å². The van der Waals surface area contributed by atoms with Gasteiger partial charge in [0, 0.05) is 17.4 Å². The Hall–Kier alpha value is -1.07. The number of nitrogens with two attached hydrogens (primary N) is 1. The highest BCUT2D eigenvalue weighted by molar-refractivity contribution is 9.10. The summed E-state index contributed by atoms with van der Waals surface area (Å²) >= 11 is 3.47. The highest BCUT2D eigenvalue weighted by Crippen LogP contribution is 2.34. The lowest BCUT2D eigenvalue weighted by atomic mass is 10.0. The van der Waals surface area contributed by atoms with Gasteiger partial charge in [0.2, 0.25) is 5.91 Å². The summed E-state index contributed by atoms with van der Waals surface area (Å²) < 4.78 is 6.16. The molecular weight excluding hydrogens is 284 g/mol. The van der Waals surface area contributed by atoms with Crippen LogP contribution in [0.3, 0.4) is 0 Å². The molecule has 0 aliphatic carbocycles. The van der Waals surface area contributed by atoms with E-state index in [0.29, 0.717) is 17.9 Å². The minimum absolute atomic E-state index is 0.00548. The van der Waals surface area contributed by atoms with E-state index in [2.05, 4.69) is 21.2 Å². The van der Waals surface area contributed by atoms with Crippen LogP contribution < -0.4 is 15.8 Å². The SMILES string of the molecule is COc1ccc(Br)c(CC(C)N)c1NC(C)=O. The predicted molar refractivity (Wildman–Crippen MR) is 72.4 cm³/mol. The molecule has 1 amide bonds. The van der Waals surface area contributed by atoms with Crippen LogP contribution in [0, 0.1) is 0 Å². The molecule has 0 saturated carbocycles. The fourth-order valence-corrected chi connectivity index (χ4v) is 2.10. The second-order valence-electron chi connectivity index (χ2n) is 3.97. The molecule has 1 unspecified atom stereocenters. The predicted octanol–water partition coefficient (Wildman–Crippen LogP) is 2.31. The first-order valence-electron chi connectivity index (χ1n) is 5.34. The smallest absolute Gasteiger partial charge is 0.221 e. The summed E-state index contributed by atoms with van der Waals surface area (Å²) in [6, 6.07) is 3.70. The monoisotopic (exact) mass is 300 g/mol. The van der Waals surface area contributed by atoms with Crippen molar-refractivity contribution in [3.05, 3.63) is 22.2 Å². The fraction of sp³-hybridized carbons (Fsp3) is 0.417. The average molecular weight is 301 g/mol. The zero-order chi connectivity index (χ0) is 13.0. The standard InChI is InChI=1S/C12H17BrN2O2/c1-7(14)6-9-10(13)4-5-11(17-3)12(9)15-8(2)16/h4-5,7H,6,14H2,1-3H3,(H,15,16). The highest BCUT2D eigenvalue weighted by Gasteiger charge is 2.15. The first kappa shape index (κ1) is 14.0. The van der Waals surface area contributed by atoms with Crippen LogP contribution in [-0.4, -0.2) is 19.1 Å². The van der Waals surface area contributed by atoms with Crippen LogP contribution in [0.15, 0.2) is 16.6 Å². The van der Waals surface area contributed by atoms with Crippen LogP contribution in [-0.2, 0) is 11.2 Å². The van der Waals surface area contributed by atoms with Gasteiger partial charge in [-0.1, -0.05) is 15.9 Å². The number of anilines is 1. The fourth-order valence-electron chi connectivity index (χ4n) is 1.61. The van der Waals surface area contributed by atoms with E-state index < -0.39 is 0 Å². The van der Waals surface area contributed by atoms with Crippen molar-refractivity contribution in [1.82, 2.24) is 0 Å². The summed E-state index contributed by atoms with van der Waals surface area (Å²) in [5.74, 6) is 0.506. The number of ether oxygens (including phenoxy) is 1. The van der Waals surface area contributed by atoms with Crippen LogP contribution in [0.4, 0.5) is 5.69 Å². The number of benzene rings is 1. The van der Waals surface area contributed by atoms with Gasteiger partial charge in [0.05, 0.1) is 12.8 Å². The van der Waals surface area contributed by atoms with Gasteiger partial charge in [-0.05, 0) is 31.0 Å². The summed E-state index contributed by atoms with van der Waals surface area (Å²) in [4.78, 5) is 11.2. The molecule has 3 N–H and O–H groups in total. The van der Waals surface area contributed by atoms with Gasteiger partial charge in [0.15, 0.2) is 0 Å². The second-order valence-corrected chi connectivity index (χ2v) is 4.82. The van der Waals surface area contributed by atoms with E-state index in [1.165, 1.54) is 6.92 Å². The van der Waals surface area contributed by atoms with Gasteiger partial charge >= 0.3 is 0 Å². The number of hydrogen-bond acceptors (Lipinski definition) is 3. The Bertz CT molecular complexity index is 419. The van der Waals surface area contributed by atoms with E-state index >= 15 is 0 Å². The molecule has 1 rings (SSSR count). The Morgan fingerprint density at radius 2 is 2.24 bits per heavy atom. The van der Waals surface area contributed by atoms with Gasteiger partial charge in [0.1, 0.15) is 5.75 Å². The molecule has 0 radical (unpaired) electrons. The number of nitrogens with one attached hydrogen (secondary N) is 1. The van der Waals surface area contributed by atoms with E-state index in [0.717, 1.165) is 10.0 Å². The van der Waals surface area contributed by atoms with Crippen LogP contribution in [0.2, 0.25) is 0 Å². The molecule has 17 heavy (non-hydrogen) atoms. The van der Waals surface area contributed by atoms with Crippen LogP contribution in [0.5, 0.6) is 5.75 Å². The van der Waals surface area contributed by atoms with Gasteiger partial charge in [-0.3, -0.25) is 4.79 Å². The Morgan fingerprint density at radius 3 is 2.71 bits per heavy atom. The summed E-state index contributed by atoms with van der Waals surface area (Å²) in [7, 11) is 1.57. The largest absolute Gasteiger partial charge is 0.495 e. The highest BCUT2D eigenvalue weighted by atomic mass is 79.9. The molecule has 1 atom stereocenters. The molecule has 1 aromatic rings. The lowest BCUT2D eigenvalue weighted by Gasteiger charge is -2.17. The van der Waals surface area contributed by atoms with Crippen molar-refractivity contribution in [2.75, 3.05) is 12.4 Å². The van der Waals surface area contributed by atoms with Crippen LogP contribution >= 0.6 is 15.9 Å². The molecule has 0 bridgehead atoms. The molecule has 0 saturated heterocycles. The summed E-state index contributed by atoms with van der Waals surface area (Å²) in [6.45, 7) is 3.39. The lowest BCUT2D eigenvalue weighted by Crippen LogP contribution is -2.20. The van der Waals surface area contributed by atoms with Crippen molar-refractivity contribution in [2.24, 2.45) is 5.73 Å². The van der Waals surface area contributed by atoms with E-state index in [9.17, 15) is 4.79 Å². The minimum Gasteiger partial charge on any atom is -0.495 e. The number of halogens is 1. The number of hydrogen-bond donors (Lipinski definition) is 2. The first-order chi connectivity index (χ1) is 7.95. The molecule has 1 aromatic carbocycles. The van der Waals surface area contributed by atoms with Crippen LogP contribution in [0.1, 0.15) is 19.4 Å². The zero-order valence-electron chi connectivity index (χ0n) is 10.2. The number of rotatable bonds is 4. The van der Waals surface area contributed by atoms with E-state index in [4.69, 9.17) is 10.5 Å². The maximum Gasteiger partial charge on any atom is 0.221 e. The van der Waals surface area contributed by atoms with Crippen molar-refractivity contribution < 1.29 is 9.53 Å². The molecule has 0 spiro atoms. The third-order valence-corrected chi connectivity index (χ3v) is 3.01. The number of carbonyl (C=O) groups is 1. The molecule has 0 aliphatic rings. The Balaban J connectivity index is 3.25. The van der Waals surface area contributed by atoms with Gasteiger partial charge in [-0.15, -0.1) is 0 Å². The first-order valence-corrected chi connectivity index (χ1v) is 6.13. The molecule has 0 aromatic heterocycles. The van der Waals surface area contributed by atoms with Crippen molar-refractivity contribution in [1.29, 1.82) is 0 Å². The van der Waals surface area contributed by atoms with Crippen molar-refractivity contribution in [3.63, 3.8) is 0 Å². The van der Waals surface area contributed by atoms with Gasteiger partial charge in [-0.2, -0.15) is 0 Å². The van der Waals surface area contributed by atoms with Crippen molar-refractivity contribution in [2.45, 2.75) is 26.3 Å². The molecule has 94 valence electrons. The van der Waals surface area contributed by atoms with Gasteiger partial charge < -0.3 is 15.8 Å². The third kappa shape index (κ3) is 3.71. The maximum absolute atomic E-state index is 11.2. The van der Waals surface area contributed by atoms with Crippen molar-refractivity contribution in [3.8, 4) is 5.75 Å². The Labute approximate surface area is 110 Å². The van der Waals surface area contributed by atoms with E-state index in [-0.39, 0.29) is 11.9 Å². The average Bonchev–Trinajstić information content (AvgIpc) is 2.22. The Kier molecular flexibility index (Phi) is 4.96. The zero-order valence-corrected chi connectivity index (χ0v) is 11.8. The second kappa shape index (κ2) is 6.02. The van der Waals surface area contributed by atoms with Gasteiger partial charge in [0.25, 0.3) is 0 Å². The Morgan fingerprint density at radius 1 is 1.59 bits per heavy atom. The lowest BCUT2D eigenvalue weighted by molar-refractivity contribution is -0.114.